The third kappa shape index (κ3) is 4.59. The van der Waals surface area contributed by atoms with Crippen molar-refractivity contribution in [1.82, 2.24) is 4.98 Å². The van der Waals surface area contributed by atoms with Crippen LogP contribution < -0.4 is 10.1 Å². The number of carbonyl (C=O) groups is 1. The Balaban J connectivity index is 2.20. The molecule has 0 aliphatic carbocycles. The third-order valence-electron chi connectivity index (χ3n) is 2.33. The van der Waals surface area contributed by atoms with Gasteiger partial charge in [0.15, 0.2) is 5.13 Å². The van der Waals surface area contributed by atoms with Crippen molar-refractivity contribution in [3.05, 3.63) is 28.6 Å². The molecule has 0 atom stereocenters. The van der Waals surface area contributed by atoms with Gasteiger partial charge in [0.05, 0.1) is 16.0 Å². The summed E-state index contributed by atoms with van der Waals surface area (Å²) in [5.74, 6) is -0.742. The van der Waals surface area contributed by atoms with Gasteiger partial charge in [0.25, 0.3) is 0 Å². The Bertz CT molecular complexity index is 693. The number of anilines is 1. The highest BCUT2D eigenvalue weighted by Crippen LogP contribution is 2.34. The zero-order chi connectivity index (χ0) is 16.3. The van der Waals surface area contributed by atoms with Gasteiger partial charge in [-0.1, -0.05) is 27.5 Å². The van der Waals surface area contributed by atoms with E-state index in [0.29, 0.717) is 16.4 Å². The predicted molar refractivity (Wildman–Crippen MR) is 81.7 cm³/mol. The van der Waals surface area contributed by atoms with E-state index in [1.807, 2.05) is 0 Å². The number of benzene rings is 1. The number of amides is 1. The van der Waals surface area contributed by atoms with E-state index in [9.17, 15) is 18.0 Å². The Morgan fingerprint density at radius 3 is 2.77 bits per heavy atom. The number of ether oxygens (including phenoxy) is 1. The van der Waals surface area contributed by atoms with Gasteiger partial charge in [-0.3, -0.25) is 4.79 Å². The van der Waals surface area contributed by atoms with Crippen molar-refractivity contribution in [1.29, 1.82) is 0 Å². The molecular weight excluding hydrogens is 409 g/mol. The van der Waals surface area contributed by atoms with E-state index in [4.69, 9.17) is 11.6 Å². The van der Waals surface area contributed by atoms with Gasteiger partial charge in [0.1, 0.15) is 5.75 Å². The maximum absolute atomic E-state index is 12.2. The maximum atomic E-state index is 12.2. The lowest BCUT2D eigenvalue weighted by atomic mass is 10.2. The summed E-state index contributed by atoms with van der Waals surface area (Å²) >= 11 is 9.97. The van der Waals surface area contributed by atoms with Crippen LogP contribution in [0.25, 0.3) is 11.3 Å². The molecule has 0 saturated carbocycles. The number of halogens is 5. The molecule has 0 unspecified atom stereocenters. The lowest BCUT2D eigenvalue weighted by molar-refractivity contribution is -0.274. The molecule has 2 aromatic rings. The molecule has 0 bridgehead atoms. The largest absolute Gasteiger partial charge is 0.573 e. The Hall–Kier alpha value is -1.32. The lowest BCUT2D eigenvalue weighted by Gasteiger charge is -2.10. The van der Waals surface area contributed by atoms with Crippen molar-refractivity contribution in [2.24, 2.45) is 0 Å². The van der Waals surface area contributed by atoms with Crippen molar-refractivity contribution in [3.63, 3.8) is 0 Å². The minimum Gasteiger partial charge on any atom is -0.404 e. The third-order valence-corrected chi connectivity index (χ3v) is 3.89. The number of nitrogens with one attached hydrogen (secondary N) is 1. The topological polar surface area (TPSA) is 51.2 Å². The summed E-state index contributed by atoms with van der Waals surface area (Å²) in [7, 11) is 0. The maximum Gasteiger partial charge on any atom is 0.573 e. The van der Waals surface area contributed by atoms with Crippen LogP contribution in [0, 0.1) is 0 Å². The van der Waals surface area contributed by atoms with E-state index in [1.54, 1.807) is 5.38 Å². The molecule has 118 valence electrons. The van der Waals surface area contributed by atoms with Crippen molar-refractivity contribution in [2.75, 3.05) is 10.6 Å². The van der Waals surface area contributed by atoms with Crippen LogP contribution in [0.2, 0.25) is 5.02 Å². The minimum atomic E-state index is -4.81. The molecule has 2 rings (SSSR count). The molecule has 1 amide bonds. The van der Waals surface area contributed by atoms with E-state index in [1.165, 1.54) is 23.5 Å². The summed E-state index contributed by atoms with van der Waals surface area (Å²) in [6.07, 6.45) is -4.81. The number of carbonyl (C=O) groups excluding carboxylic acids is 1. The first-order valence-electron chi connectivity index (χ1n) is 5.65. The Morgan fingerprint density at radius 1 is 1.45 bits per heavy atom. The standard InChI is InChI=1S/C12H7BrClF3N2O2S/c13-4-10(20)19-11-18-8(5-22-11)6-1-2-9(7(14)3-6)21-12(15,16)17/h1-3,5H,4H2,(H,18,19,20). The van der Waals surface area contributed by atoms with E-state index in [2.05, 4.69) is 31.0 Å². The minimum absolute atomic E-state index is 0.136. The zero-order valence-electron chi connectivity index (χ0n) is 10.6. The molecule has 4 nitrogen and oxygen atoms in total. The van der Waals surface area contributed by atoms with Crippen LogP contribution in [-0.4, -0.2) is 22.6 Å². The number of hydrogen-bond acceptors (Lipinski definition) is 4. The van der Waals surface area contributed by atoms with Crippen LogP contribution in [0.15, 0.2) is 23.6 Å². The molecule has 0 aliphatic rings. The monoisotopic (exact) mass is 414 g/mol. The van der Waals surface area contributed by atoms with Crippen LogP contribution in [0.5, 0.6) is 5.75 Å². The molecule has 10 heteroatoms. The first-order valence-corrected chi connectivity index (χ1v) is 8.03. The van der Waals surface area contributed by atoms with E-state index >= 15 is 0 Å². The summed E-state index contributed by atoms with van der Waals surface area (Å²) in [6, 6.07) is 3.83. The molecule has 1 aromatic heterocycles. The van der Waals surface area contributed by atoms with Crippen molar-refractivity contribution < 1.29 is 22.7 Å². The van der Waals surface area contributed by atoms with Crippen LogP contribution in [0.3, 0.4) is 0 Å². The highest BCUT2D eigenvalue weighted by atomic mass is 79.9. The molecule has 0 saturated heterocycles. The molecule has 1 aromatic carbocycles. The normalized spacial score (nSPS) is 11.3. The molecule has 0 spiro atoms. The Morgan fingerprint density at radius 2 is 2.18 bits per heavy atom. The molecular formula is C12H7BrClF3N2O2S. The van der Waals surface area contributed by atoms with E-state index in [-0.39, 0.29) is 16.3 Å². The number of alkyl halides is 4. The van der Waals surface area contributed by atoms with Gasteiger partial charge in [-0.25, -0.2) is 4.98 Å². The number of rotatable bonds is 4. The first-order chi connectivity index (χ1) is 10.3. The van der Waals surface area contributed by atoms with E-state index < -0.39 is 12.1 Å². The summed E-state index contributed by atoms with van der Waals surface area (Å²) in [5.41, 5.74) is 0.991. The number of thiazole rings is 1. The molecule has 1 heterocycles. The van der Waals surface area contributed by atoms with Crippen molar-refractivity contribution in [3.8, 4) is 17.0 Å². The average Bonchev–Trinajstić information content (AvgIpc) is 2.88. The van der Waals surface area contributed by atoms with Crippen LogP contribution in [0.4, 0.5) is 18.3 Å². The lowest BCUT2D eigenvalue weighted by Crippen LogP contribution is -2.17. The summed E-state index contributed by atoms with van der Waals surface area (Å²) in [4.78, 5) is 15.4. The van der Waals surface area contributed by atoms with Crippen molar-refractivity contribution >= 4 is 49.9 Å². The Labute approximate surface area is 140 Å². The van der Waals surface area contributed by atoms with Gasteiger partial charge in [0, 0.05) is 10.9 Å². The van der Waals surface area contributed by atoms with Gasteiger partial charge in [-0.15, -0.1) is 24.5 Å². The number of hydrogen-bond donors (Lipinski definition) is 1. The summed E-state index contributed by atoms with van der Waals surface area (Å²) in [6.45, 7) is 0. The highest BCUT2D eigenvalue weighted by molar-refractivity contribution is 9.09. The quantitative estimate of drug-likeness (QED) is 0.737. The number of aromatic nitrogens is 1. The molecule has 22 heavy (non-hydrogen) atoms. The van der Waals surface area contributed by atoms with Gasteiger partial charge in [0.2, 0.25) is 5.91 Å². The molecule has 1 N–H and O–H groups in total. The van der Waals surface area contributed by atoms with Gasteiger partial charge < -0.3 is 10.1 Å². The van der Waals surface area contributed by atoms with Gasteiger partial charge in [-0.05, 0) is 18.2 Å². The fourth-order valence-corrected chi connectivity index (χ4v) is 2.58. The summed E-state index contributed by atoms with van der Waals surface area (Å²) in [5, 5.41) is 4.54. The van der Waals surface area contributed by atoms with Crippen LogP contribution in [0.1, 0.15) is 0 Å². The van der Waals surface area contributed by atoms with Gasteiger partial charge >= 0.3 is 6.36 Å². The predicted octanol–water partition coefficient (Wildman–Crippen LogP) is 4.70. The second kappa shape index (κ2) is 6.84. The zero-order valence-corrected chi connectivity index (χ0v) is 13.7. The first kappa shape index (κ1) is 17.0. The van der Waals surface area contributed by atoms with Crippen molar-refractivity contribution in [2.45, 2.75) is 6.36 Å². The van der Waals surface area contributed by atoms with Crippen LogP contribution >= 0.6 is 38.9 Å². The second-order valence-corrected chi connectivity index (χ2v) is 5.74. The molecule has 0 radical (unpaired) electrons. The fraction of sp³-hybridized carbons (Fsp3) is 0.167. The fourth-order valence-electron chi connectivity index (χ4n) is 1.48. The molecule has 0 aliphatic heterocycles. The smallest absolute Gasteiger partial charge is 0.404 e. The second-order valence-electron chi connectivity index (χ2n) is 3.91. The van der Waals surface area contributed by atoms with E-state index in [0.717, 1.165) is 6.07 Å². The number of nitrogens with zero attached hydrogens (tertiary/aromatic N) is 1. The molecule has 0 fully saturated rings. The van der Waals surface area contributed by atoms with Gasteiger partial charge in [-0.2, -0.15) is 0 Å². The SMILES string of the molecule is O=C(CBr)Nc1nc(-c2ccc(OC(F)(F)F)c(Cl)c2)cs1. The summed E-state index contributed by atoms with van der Waals surface area (Å²) < 4.78 is 40.3. The highest BCUT2D eigenvalue weighted by Gasteiger charge is 2.32. The van der Waals surface area contributed by atoms with Crippen LogP contribution in [-0.2, 0) is 4.79 Å². The Kier molecular flexibility index (Phi) is 5.30. The average molecular weight is 416 g/mol.